The van der Waals surface area contributed by atoms with E-state index in [2.05, 4.69) is 13.8 Å². The number of fused-ring (bicyclic) bond motifs is 1. The molecule has 0 bridgehead atoms. The minimum absolute atomic E-state index is 0.00383. The number of carbonyl (C=O) groups is 3. The van der Waals surface area contributed by atoms with Crippen LogP contribution in [0.15, 0.2) is 48.0 Å². The van der Waals surface area contributed by atoms with E-state index in [0.717, 1.165) is 36.1 Å². The number of aliphatic hydroxyl groups is 1. The average Bonchev–Trinajstić information content (AvgIpc) is 2.80. The molecule has 3 N–H and O–H groups in total. The minimum atomic E-state index is -2.06. The Morgan fingerprint density at radius 1 is 0.971 bits per heavy atom. The summed E-state index contributed by atoms with van der Waals surface area (Å²) >= 11 is 0. The third-order valence-electron chi connectivity index (χ3n) is 6.73. The van der Waals surface area contributed by atoms with Crippen molar-refractivity contribution in [2.45, 2.75) is 65.9 Å². The van der Waals surface area contributed by atoms with E-state index in [1.165, 1.54) is 0 Å². The summed E-state index contributed by atoms with van der Waals surface area (Å²) in [5.41, 5.74) is -0.0662. The van der Waals surface area contributed by atoms with E-state index in [1.807, 2.05) is 38.1 Å². The predicted molar refractivity (Wildman–Crippen MR) is 134 cm³/mol. The maximum Gasteiger partial charge on any atom is 0.184 e. The molecule has 6 nitrogen and oxygen atoms in total. The Morgan fingerprint density at radius 3 is 2.11 bits per heavy atom. The molecule has 3 rings (SSSR count). The van der Waals surface area contributed by atoms with Gasteiger partial charge in [0, 0.05) is 12.8 Å². The summed E-state index contributed by atoms with van der Waals surface area (Å²) in [7, 11) is 0. The van der Waals surface area contributed by atoms with Crippen molar-refractivity contribution in [3.63, 3.8) is 0 Å². The van der Waals surface area contributed by atoms with Crippen LogP contribution in [0.4, 0.5) is 0 Å². The van der Waals surface area contributed by atoms with Gasteiger partial charge in [-0.15, -0.1) is 0 Å². The Morgan fingerprint density at radius 2 is 1.54 bits per heavy atom. The van der Waals surface area contributed by atoms with Crippen molar-refractivity contribution in [3.05, 3.63) is 70.3 Å². The van der Waals surface area contributed by atoms with Crippen LogP contribution in [-0.2, 0) is 17.6 Å². The fourth-order valence-electron chi connectivity index (χ4n) is 4.59. The smallest absolute Gasteiger partial charge is 0.184 e. The second-order valence-electron chi connectivity index (χ2n) is 10.1. The lowest BCUT2D eigenvalue weighted by Crippen LogP contribution is -2.53. The number of carbonyl (C=O) groups excluding carboxylic acids is 3. The van der Waals surface area contributed by atoms with Crippen molar-refractivity contribution in [2.24, 2.45) is 11.3 Å². The fraction of sp³-hybridized carbons (Fsp3) is 0.414. The number of aliphatic hydroxyl groups excluding tert-OH is 1. The summed E-state index contributed by atoms with van der Waals surface area (Å²) in [6, 6.07) is 9.80. The monoisotopic (exact) mass is 478 g/mol. The molecule has 35 heavy (non-hydrogen) atoms. The molecular formula is C29H34O6. The van der Waals surface area contributed by atoms with E-state index in [0.29, 0.717) is 11.5 Å². The zero-order valence-electron chi connectivity index (χ0n) is 20.8. The lowest BCUT2D eigenvalue weighted by atomic mass is 9.62. The summed E-state index contributed by atoms with van der Waals surface area (Å²) in [5, 5.41) is 31.8. The molecule has 0 saturated carbocycles. The van der Waals surface area contributed by atoms with Crippen molar-refractivity contribution in [3.8, 4) is 11.5 Å². The second-order valence-corrected chi connectivity index (χ2v) is 10.1. The van der Waals surface area contributed by atoms with Gasteiger partial charge in [-0.1, -0.05) is 49.8 Å². The normalized spacial score (nSPS) is 18.3. The number of hydrogen-bond acceptors (Lipinski definition) is 6. The molecule has 0 aromatic heterocycles. The first-order chi connectivity index (χ1) is 16.5. The van der Waals surface area contributed by atoms with Gasteiger partial charge in [0.15, 0.2) is 17.3 Å². The number of ketones is 3. The first kappa shape index (κ1) is 26.4. The van der Waals surface area contributed by atoms with Crippen molar-refractivity contribution < 1.29 is 29.7 Å². The maximum absolute atomic E-state index is 13.8. The van der Waals surface area contributed by atoms with Crippen molar-refractivity contribution in [1.29, 1.82) is 0 Å². The van der Waals surface area contributed by atoms with Crippen LogP contribution in [0.5, 0.6) is 11.5 Å². The Hall–Kier alpha value is -3.25. The van der Waals surface area contributed by atoms with E-state index >= 15 is 0 Å². The van der Waals surface area contributed by atoms with Gasteiger partial charge in [-0.3, -0.25) is 14.4 Å². The summed E-state index contributed by atoms with van der Waals surface area (Å²) in [6.07, 6.45) is 1.48. The maximum atomic E-state index is 13.8. The second kappa shape index (κ2) is 10.6. The van der Waals surface area contributed by atoms with Crippen molar-refractivity contribution >= 4 is 17.3 Å². The number of phenols is 2. The lowest BCUT2D eigenvalue weighted by molar-refractivity contribution is -0.131. The van der Waals surface area contributed by atoms with E-state index in [9.17, 15) is 29.7 Å². The molecule has 1 aliphatic rings. The van der Waals surface area contributed by atoms with E-state index in [1.54, 1.807) is 6.08 Å². The summed E-state index contributed by atoms with van der Waals surface area (Å²) in [4.78, 5) is 40.6. The number of Topliss-reactive ketones (excluding diaryl/α,β-unsaturated/α-hetero) is 3. The first-order valence-corrected chi connectivity index (χ1v) is 12.0. The molecule has 0 fully saturated rings. The molecule has 1 aliphatic carbocycles. The number of phenolic OH excluding ortho intramolecular Hbond substituents is 2. The highest BCUT2D eigenvalue weighted by Crippen LogP contribution is 2.46. The van der Waals surface area contributed by atoms with E-state index in [4.69, 9.17) is 0 Å². The van der Waals surface area contributed by atoms with Crippen LogP contribution in [0.25, 0.3) is 0 Å². The van der Waals surface area contributed by atoms with Crippen molar-refractivity contribution in [2.75, 3.05) is 0 Å². The van der Waals surface area contributed by atoms with Crippen LogP contribution in [0.2, 0.25) is 0 Å². The number of allylic oxidation sites excluding steroid dienone is 1. The van der Waals surface area contributed by atoms with Gasteiger partial charge >= 0.3 is 0 Å². The Balaban J connectivity index is 2.01. The minimum Gasteiger partial charge on any atom is -0.507 e. The number of aryl methyl sites for hydroxylation is 1. The summed E-state index contributed by atoms with van der Waals surface area (Å²) in [6.45, 7) is 7.97. The molecule has 0 amide bonds. The third-order valence-corrected chi connectivity index (χ3v) is 6.73. The molecule has 1 unspecified atom stereocenters. The highest BCUT2D eigenvalue weighted by Gasteiger charge is 2.56. The molecule has 0 heterocycles. The molecule has 0 radical (unpaired) electrons. The highest BCUT2D eigenvalue weighted by atomic mass is 16.3. The van der Waals surface area contributed by atoms with E-state index in [-0.39, 0.29) is 18.4 Å². The van der Waals surface area contributed by atoms with Gasteiger partial charge < -0.3 is 15.3 Å². The quantitative estimate of drug-likeness (QED) is 0.266. The molecule has 2 aromatic rings. The van der Waals surface area contributed by atoms with Gasteiger partial charge in [-0.05, 0) is 62.3 Å². The predicted octanol–water partition coefficient (Wildman–Crippen LogP) is 4.97. The Labute approximate surface area is 206 Å². The first-order valence-electron chi connectivity index (χ1n) is 12.0. The van der Waals surface area contributed by atoms with E-state index < -0.39 is 52.4 Å². The van der Waals surface area contributed by atoms with Crippen LogP contribution in [0, 0.1) is 11.3 Å². The topological polar surface area (TPSA) is 112 Å². The Kier molecular flexibility index (Phi) is 7.96. The number of aromatic hydroxyl groups is 2. The fourth-order valence-corrected chi connectivity index (χ4v) is 4.59. The Bertz CT molecular complexity index is 1150. The lowest BCUT2D eigenvalue weighted by Gasteiger charge is -2.38. The van der Waals surface area contributed by atoms with Gasteiger partial charge in [0.1, 0.15) is 16.9 Å². The number of rotatable bonds is 9. The van der Waals surface area contributed by atoms with Crippen LogP contribution in [0.3, 0.4) is 0 Å². The van der Waals surface area contributed by atoms with Crippen LogP contribution in [-0.4, -0.2) is 38.8 Å². The van der Waals surface area contributed by atoms with Gasteiger partial charge in [0.25, 0.3) is 0 Å². The molecule has 0 saturated heterocycles. The summed E-state index contributed by atoms with van der Waals surface area (Å²) < 4.78 is 0. The highest BCUT2D eigenvalue weighted by molar-refractivity contribution is 6.26. The van der Waals surface area contributed by atoms with Crippen molar-refractivity contribution in [1.82, 2.24) is 0 Å². The molecule has 0 spiro atoms. The molecule has 0 aliphatic heterocycles. The van der Waals surface area contributed by atoms with Gasteiger partial charge in [-0.2, -0.15) is 0 Å². The van der Waals surface area contributed by atoms with Crippen LogP contribution < -0.4 is 0 Å². The van der Waals surface area contributed by atoms with Gasteiger partial charge in [0.05, 0.1) is 17.2 Å². The third kappa shape index (κ3) is 5.38. The van der Waals surface area contributed by atoms with Crippen LogP contribution in [0.1, 0.15) is 78.8 Å². The standard InChI is InChI=1S/C29H34O6/c1-17(2)5-7-19-8-10-20(11-9-19)15-25(34)29(24(33)14-6-18(3)4)16-23(32)26-21(30)12-13-22(31)27(26)28(29)35/h6,8-13,17,24,30-31,33H,5,7,14-16H2,1-4H3/t24-,29?/m1/s1. The molecule has 2 aromatic carbocycles. The zero-order valence-corrected chi connectivity index (χ0v) is 20.8. The number of benzene rings is 2. The summed E-state index contributed by atoms with van der Waals surface area (Å²) in [5.74, 6) is -2.46. The average molecular weight is 479 g/mol. The van der Waals surface area contributed by atoms with Gasteiger partial charge in [-0.25, -0.2) is 0 Å². The number of hydrogen-bond donors (Lipinski definition) is 3. The molecular weight excluding hydrogens is 444 g/mol. The SMILES string of the molecule is CC(C)=CC[C@@H](O)C1(C(=O)Cc2ccc(CCC(C)C)cc2)CC(=O)c2c(O)ccc(O)c2C1=O. The largest absolute Gasteiger partial charge is 0.507 e. The zero-order chi connectivity index (χ0) is 25.9. The van der Waals surface area contributed by atoms with Crippen LogP contribution >= 0.6 is 0 Å². The molecule has 6 heteroatoms. The van der Waals surface area contributed by atoms with Gasteiger partial charge in [0.2, 0.25) is 0 Å². The molecule has 186 valence electrons. The molecule has 2 atom stereocenters.